The Bertz CT molecular complexity index is 370. The van der Waals surface area contributed by atoms with Gasteiger partial charge in [-0.2, -0.15) is 0 Å². The molecule has 0 aliphatic heterocycles. The first-order valence-electron chi connectivity index (χ1n) is 8.76. The fourth-order valence-electron chi connectivity index (χ4n) is 4.91. The van der Waals surface area contributed by atoms with Gasteiger partial charge in [-0.1, -0.05) is 12.8 Å². The zero-order valence-corrected chi connectivity index (χ0v) is 13.1. The van der Waals surface area contributed by atoms with E-state index in [1.807, 2.05) is 0 Å². The molecule has 3 fully saturated rings. The SMILES string of the molecule is CCOC1CC(NC2CCC(C(=O)O)CC2)C12CCCC2. The van der Waals surface area contributed by atoms with E-state index >= 15 is 0 Å². The molecule has 0 saturated heterocycles. The molecule has 1 spiro atoms. The Labute approximate surface area is 127 Å². The van der Waals surface area contributed by atoms with E-state index in [4.69, 9.17) is 9.84 Å². The van der Waals surface area contributed by atoms with E-state index < -0.39 is 5.97 Å². The molecule has 3 aliphatic carbocycles. The van der Waals surface area contributed by atoms with Crippen LogP contribution in [0.25, 0.3) is 0 Å². The van der Waals surface area contributed by atoms with Gasteiger partial charge in [0, 0.05) is 24.1 Å². The third kappa shape index (κ3) is 2.85. The predicted molar refractivity (Wildman–Crippen MR) is 81.2 cm³/mol. The van der Waals surface area contributed by atoms with Crippen molar-refractivity contribution in [2.75, 3.05) is 6.61 Å². The molecule has 4 heteroatoms. The highest BCUT2D eigenvalue weighted by Crippen LogP contribution is 2.55. The van der Waals surface area contributed by atoms with Gasteiger partial charge in [0.1, 0.15) is 0 Å². The number of ether oxygens (including phenoxy) is 1. The topological polar surface area (TPSA) is 58.6 Å². The Morgan fingerprint density at radius 2 is 1.90 bits per heavy atom. The molecule has 0 aromatic rings. The molecule has 2 unspecified atom stereocenters. The minimum absolute atomic E-state index is 0.110. The zero-order chi connectivity index (χ0) is 14.9. The second-order valence-corrected chi connectivity index (χ2v) is 7.23. The first kappa shape index (κ1) is 15.3. The fraction of sp³-hybridized carbons (Fsp3) is 0.941. The monoisotopic (exact) mass is 295 g/mol. The van der Waals surface area contributed by atoms with E-state index in [9.17, 15) is 4.79 Å². The third-order valence-corrected chi connectivity index (χ3v) is 6.20. The van der Waals surface area contributed by atoms with E-state index in [1.165, 1.54) is 25.7 Å². The molecule has 0 heterocycles. The number of carboxylic acids is 1. The Balaban J connectivity index is 1.53. The molecule has 21 heavy (non-hydrogen) atoms. The molecule has 0 bridgehead atoms. The molecular weight excluding hydrogens is 266 g/mol. The van der Waals surface area contributed by atoms with Crippen molar-refractivity contribution in [1.29, 1.82) is 0 Å². The highest BCUT2D eigenvalue weighted by Gasteiger charge is 2.56. The van der Waals surface area contributed by atoms with Crippen molar-refractivity contribution >= 4 is 5.97 Å². The molecule has 2 atom stereocenters. The molecule has 120 valence electrons. The lowest BCUT2D eigenvalue weighted by atomic mass is 9.60. The number of hydrogen-bond acceptors (Lipinski definition) is 3. The lowest BCUT2D eigenvalue weighted by Gasteiger charge is -2.55. The number of hydrogen-bond donors (Lipinski definition) is 2. The summed E-state index contributed by atoms with van der Waals surface area (Å²) < 4.78 is 5.97. The molecule has 4 nitrogen and oxygen atoms in total. The van der Waals surface area contributed by atoms with Crippen LogP contribution in [-0.4, -0.2) is 35.9 Å². The molecule has 3 rings (SSSR count). The number of nitrogens with one attached hydrogen (secondary N) is 1. The van der Waals surface area contributed by atoms with E-state index in [0.29, 0.717) is 23.6 Å². The van der Waals surface area contributed by atoms with Crippen LogP contribution >= 0.6 is 0 Å². The lowest BCUT2D eigenvalue weighted by Crippen LogP contribution is -2.64. The summed E-state index contributed by atoms with van der Waals surface area (Å²) in [6.45, 7) is 2.92. The summed E-state index contributed by atoms with van der Waals surface area (Å²) in [4.78, 5) is 11.0. The Kier molecular flexibility index (Phi) is 4.55. The normalized spacial score (nSPS) is 38.3. The van der Waals surface area contributed by atoms with E-state index in [-0.39, 0.29) is 5.92 Å². The van der Waals surface area contributed by atoms with Gasteiger partial charge < -0.3 is 15.2 Å². The summed E-state index contributed by atoms with van der Waals surface area (Å²) in [7, 11) is 0. The maximum Gasteiger partial charge on any atom is 0.306 e. The predicted octanol–water partition coefficient (Wildman–Crippen LogP) is 2.96. The van der Waals surface area contributed by atoms with Gasteiger partial charge in [0.2, 0.25) is 0 Å². The van der Waals surface area contributed by atoms with Gasteiger partial charge in [-0.15, -0.1) is 0 Å². The number of rotatable bonds is 5. The summed E-state index contributed by atoms with van der Waals surface area (Å²) in [5.41, 5.74) is 0.389. The maximum atomic E-state index is 11.0. The van der Waals surface area contributed by atoms with Crippen molar-refractivity contribution in [3.8, 4) is 0 Å². The van der Waals surface area contributed by atoms with Crippen molar-refractivity contribution in [2.45, 2.75) is 82.9 Å². The van der Waals surface area contributed by atoms with Crippen LogP contribution in [0.3, 0.4) is 0 Å². The summed E-state index contributed by atoms with van der Waals surface area (Å²) >= 11 is 0. The van der Waals surface area contributed by atoms with Crippen molar-refractivity contribution in [2.24, 2.45) is 11.3 Å². The minimum Gasteiger partial charge on any atom is -0.481 e. The molecule has 2 N–H and O–H groups in total. The summed E-state index contributed by atoms with van der Waals surface area (Å²) in [6, 6.07) is 1.12. The standard InChI is InChI=1S/C17H29NO3/c1-2-21-15-11-14(17(15)9-3-4-10-17)18-13-7-5-12(6-8-13)16(19)20/h12-15,18H,2-11H2,1H3,(H,19,20). The second kappa shape index (κ2) is 6.25. The molecule has 0 aromatic carbocycles. The largest absolute Gasteiger partial charge is 0.481 e. The van der Waals surface area contributed by atoms with Gasteiger partial charge in [-0.25, -0.2) is 0 Å². The molecule has 0 radical (unpaired) electrons. The fourth-order valence-corrected chi connectivity index (χ4v) is 4.91. The first-order valence-corrected chi connectivity index (χ1v) is 8.76. The highest BCUT2D eigenvalue weighted by atomic mass is 16.5. The van der Waals surface area contributed by atoms with Crippen LogP contribution in [-0.2, 0) is 9.53 Å². The van der Waals surface area contributed by atoms with Crippen molar-refractivity contribution < 1.29 is 14.6 Å². The molecule has 0 aromatic heterocycles. The summed E-state index contributed by atoms with van der Waals surface area (Å²) in [5, 5.41) is 13.0. The van der Waals surface area contributed by atoms with Gasteiger partial charge in [0.25, 0.3) is 0 Å². The van der Waals surface area contributed by atoms with Crippen LogP contribution in [0.15, 0.2) is 0 Å². The van der Waals surface area contributed by atoms with Gasteiger partial charge >= 0.3 is 5.97 Å². The smallest absolute Gasteiger partial charge is 0.306 e. The maximum absolute atomic E-state index is 11.0. The molecule has 3 aliphatic rings. The van der Waals surface area contributed by atoms with Crippen molar-refractivity contribution in [1.82, 2.24) is 5.32 Å². The quantitative estimate of drug-likeness (QED) is 0.818. The summed E-state index contributed by atoms with van der Waals surface area (Å²) in [5.74, 6) is -0.721. The minimum atomic E-state index is -0.610. The average molecular weight is 295 g/mol. The van der Waals surface area contributed by atoms with Crippen LogP contribution in [0.2, 0.25) is 0 Å². The van der Waals surface area contributed by atoms with E-state index in [1.54, 1.807) is 0 Å². The van der Waals surface area contributed by atoms with Gasteiger partial charge in [0.15, 0.2) is 0 Å². The van der Waals surface area contributed by atoms with E-state index in [2.05, 4.69) is 12.2 Å². The number of aliphatic carboxylic acids is 1. The van der Waals surface area contributed by atoms with Gasteiger partial charge in [-0.05, 0) is 51.9 Å². The van der Waals surface area contributed by atoms with Gasteiger partial charge in [-0.3, -0.25) is 4.79 Å². The third-order valence-electron chi connectivity index (χ3n) is 6.20. The van der Waals surface area contributed by atoms with E-state index in [0.717, 1.165) is 38.7 Å². The molecule has 3 saturated carbocycles. The zero-order valence-electron chi connectivity index (χ0n) is 13.1. The lowest BCUT2D eigenvalue weighted by molar-refractivity contribution is -0.143. The molecule has 0 amide bonds. The van der Waals surface area contributed by atoms with Crippen LogP contribution in [0.4, 0.5) is 0 Å². The Hall–Kier alpha value is -0.610. The Morgan fingerprint density at radius 3 is 2.48 bits per heavy atom. The number of carboxylic acid groups (broad SMARTS) is 1. The summed E-state index contributed by atoms with van der Waals surface area (Å²) in [6.07, 6.45) is 10.6. The van der Waals surface area contributed by atoms with Crippen LogP contribution in [0.5, 0.6) is 0 Å². The average Bonchev–Trinajstić information content (AvgIpc) is 2.99. The molecular formula is C17H29NO3. The van der Waals surface area contributed by atoms with Crippen LogP contribution in [0.1, 0.15) is 64.7 Å². The highest BCUT2D eigenvalue weighted by molar-refractivity contribution is 5.70. The van der Waals surface area contributed by atoms with Crippen molar-refractivity contribution in [3.05, 3.63) is 0 Å². The Morgan fingerprint density at radius 1 is 1.24 bits per heavy atom. The van der Waals surface area contributed by atoms with Gasteiger partial charge in [0.05, 0.1) is 12.0 Å². The van der Waals surface area contributed by atoms with Crippen LogP contribution < -0.4 is 5.32 Å². The first-order chi connectivity index (χ1) is 10.2. The second-order valence-electron chi connectivity index (χ2n) is 7.23. The van der Waals surface area contributed by atoms with Crippen LogP contribution in [0, 0.1) is 11.3 Å². The van der Waals surface area contributed by atoms with Crippen molar-refractivity contribution in [3.63, 3.8) is 0 Å². The number of carbonyl (C=O) groups is 1.